The van der Waals surface area contributed by atoms with E-state index in [1.165, 1.54) is 0 Å². The number of nitrogens with zero attached hydrogens (tertiary/aromatic N) is 4. The molecule has 0 aliphatic carbocycles. The lowest BCUT2D eigenvalue weighted by Crippen LogP contribution is -2.54. The van der Waals surface area contributed by atoms with Gasteiger partial charge in [-0.05, 0) is 25.7 Å². The van der Waals surface area contributed by atoms with Gasteiger partial charge >= 0.3 is 0 Å². The minimum absolute atomic E-state index is 0.0373. The van der Waals surface area contributed by atoms with E-state index in [1.54, 1.807) is 4.90 Å². The number of β-amino-alcohol motifs (C(OH)–C–C–N with tert-alkyl or cyclic N) is 1. The number of aromatic nitrogens is 3. The number of piperidine rings is 1. The fraction of sp³-hybridized carbons (Fsp3) is 0.812. The summed E-state index contributed by atoms with van der Waals surface area (Å²) >= 11 is 0. The van der Waals surface area contributed by atoms with Crippen LogP contribution in [0.2, 0.25) is 0 Å². The van der Waals surface area contributed by atoms with Crippen LogP contribution in [0.1, 0.15) is 55.5 Å². The molecular formula is C16H26N4O3. The number of aliphatic hydroxyl groups is 2. The van der Waals surface area contributed by atoms with Gasteiger partial charge in [0.15, 0.2) is 0 Å². The summed E-state index contributed by atoms with van der Waals surface area (Å²) in [5, 5.41) is 28.4. The molecule has 3 rings (SSSR count). The largest absolute Gasteiger partial charge is 0.396 e. The summed E-state index contributed by atoms with van der Waals surface area (Å²) in [4.78, 5) is 14.4. The second kappa shape index (κ2) is 6.57. The highest BCUT2D eigenvalue weighted by Crippen LogP contribution is 2.36. The first-order chi connectivity index (χ1) is 11.1. The number of aryl methyl sites for hydroxylation is 1. The van der Waals surface area contributed by atoms with Gasteiger partial charge < -0.3 is 19.7 Å². The van der Waals surface area contributed by atoms with Gasteiger partial charge in [-0.3, -0.25) is 4.79 Å². The van der Waals surface area contributed by atoms with Crippen molar-refractivity contribution in [1.82, 2.24) is 19.7 Å². The molecule has 0 saturated carbocycles. The lowest BCUT2D eigenvalue weighted by molar-refractivity contribution is -0.0715. The van der Waals surface area contributed by atoms with Gasteiger partial charge in [0, 0.05) is 31.5 Å². The Labute approximate surface area is 136 Å². The van der Waals surface area contributed by atoms with Crippen LogP contribution in [0.25, 0.3) is 0 Å². The Bertz CT molecular complexity index is 574. The third-order valence-corrected chi connectivity index (χ3v) is 5.38. The highest BCUT2D eigenvalue weighted by Gasteiger charge is 2.43. The lowest BCUT2D eigenvalue weighted by Gasteiger charge is -2.44. The Morgan fingerprint density at radius 3 is 2.87 bits per heavy atom. The molecule has 1 aromatic heterocycles. The van der Waals surface area contributed by atoms with Gasteiger partial charge in [0.05, 0.1) is 12.7 Å². The molecule has 23 heavy (non-hydrogen) atoms. The van der Waals surface area contributed by atoms with E-state index in [4.69, 9.17) is 0 Å². The number of aliphatic hydroxyl groups excluding tert-OH is 2. The third-order valence-electron chi connectivity index (χ3n) is 5.38. The average Bonchev–Trinajstić information content (AvgIpc) is 3.00. The van der Waals surface area contributed by atoms with Crippen LogP contribution in [0, 0.1) is 5.41 Å². The van der Waals surface area contributed by atoms with Crippen LogP contribution < -0.4 is 0 Å². The van der Waals surface area contributed by atoms with Crippen LogP contribution in [-0.2, 0) is 13.0 Å². The molecule has 0 spiro atoms. The first-order valence-electron chi connectivity index (χ1n) is 8.61. The van der Waals surface area contributed by atoms with E-state index in [0.717, 1.165) is 44.5 Å². The van der Waals surface area contributed by atoms with Gasteiger partial charge in [-0.25, -0.2) is 0 Å². The Morgan fingerprint density at radius 1 is 1.35 bits per heavy atom. The Hall–Kier alpha value is -1.47. The topological polar surface area (TPSA) is 91.5 Å². The highest BCUT2D eigenvalue weighted by molar-refractivity contribution is 5.91. The van der Waals surface area contributed by atoms with Crippen molar-refractivity contribution in [2.24, 2.45) is 5.41 Å². The monoisotopic (exact) mass is 322 g/mol. The third kappa shape index (κ3) is 2.87. The molecule has 7 heteroatoms. The molecule has 2 atom stereocenters. The number of hydrogen-bond acceptors (Lipinski definition) is 5. The minimum atomic E-state index is -0.700. The van der Waals surface area contributed by atoms with E-state index in [-0.39, 0.29) is 19.1 Å². The molecule has 0 bridgehead atoms. The van der Waals surface area contributed by atoms with Crippen molar-refractivity contribution in [2.75, 3.05) is 19.7 Å². The summed E-state index contributed by atoms with van der Waals surface area (Å²) in [6.45, 7) is 3.59. The standard InChI is InChI=1S/C16H26N4O3/c1-2-6-16(11-21)7-9-19(10-12(16)22)15(23)14-18-17-13-5-3-4-8-20(13)14/h12,21-22H,2-11H2,1H3/t12-,16-/m1/s1. The second-order valence-corrected chi connectivity index (χ2v) is 6.84. The minimum Gasteiger partial charge on any atom is -0.396 e. The van der Waals surface area contributed by atoms with E-state index < -0.39 is 11.5 Å². The number of carbonyl (C=O) groups excluding carboxylic acids is 1. The zero-order valence-corrected chi connectivity index (χ0v) is 13.7. The van der Waals surface area contributed by atoms with E-state index >= 15 is 0 Å². The molecular weight excluding hydrogens is 296 g/mol. The number of hydrogen-bond donors (Lipinski definition) is 2. The number of likely N-dealkylation sites (tertiary alicyclic amines) is 1. The summed E-state index contributed by atoms with van der Waals surface area (Å²) < 4.78 is 1.91. The Kier molecular flexibility index (Phi) is 4.68. The maximum Gasteiger partial charge on any atom is 0.291 e. The number of fused-ring (bicyclic) bond motifs is 1. The average molecular weight is 322 g/mol. The first kappa shape index (κ1) is 16.4. The molecule has 0 aromatic carbocycles. The molecule has 2 aliphatic rings. The molecule has 1 amide bonds. The van der Waals surface area contributed by atoms with E-state index in [2.05, 4.69) is 10.2 Å². The van der Waals surface area contributed by atoms with Crippen molar-refractivity contribution in [2.45, 2.75) is 58.1 Å². The summed E-state index contributed by atoms with van der Waals surface area (Å²) in [5.41, 5.74) is -0.476. The van der Waals surface area contributed by atoms with Crippen LogP contribution in [-0.4, -0.2) is 61.6 Å². The predicted molar refractivity (Wildman–Crippen MR) is 83.9 cm³/mol. The quantitative estimate of drug-likeness (QED) is 0.847. The lowest BCUT2D eigenvalue weighted by atomic mass is 9.73. The maximum absolute atomic E-state index is 12.8. The van der Waals surface area contributed by atoms with Gasteiger partial charge in [0.2, 0.25) is 5.82 Å². The van der Waals surface area contributed by atoms with Gasteiger partial charge in [0.1, 0.15) is 5.82 Å². The van der Waals surface area contributed by atoms with Crippen molar-refractivity contribution in [3.63, 3.8) is 0 Å². The van der Waals surface area contributed by atoms with Crippen molar-refractivity contribution >= 4 is 5.91 Å². The van der Waals surface area contributed by atoms with E-state index in [0.29, 0.717) is 18.8 Å². The summed E-state index contributed by atoms with van der Waals surface area (Å²) in [7, 11) is 0. The molecule has 7 nitrogen and oxygen atoms in total. The molecule has 3 heterocycles. The number of rotatable bonds is 4. The number of carbonyl (C=O) groups is 1. The summed E-state index contributed by atoms with van der Waals surface area (Å²) in [6, 6.07) is 0. The molecule has 0 unspecified atom stereocenters. The van der Waals surface area contributed by atoms with Crippen molar-refractivity contribution < 1.29 is 15.0 Å². The first-order valence-corrected chi connectivity index (χ1v) is 8.61. The Morgan fingerprint density at radius 2 is 2.17 bits per heavy atom. The zero-order chi connectivity index (χ0) is 16.4. The van der Waals surface area contributed by atoms with Crippen molar-refractivity contribution in [3.8, 4) is 0 Å². The van der Waals surface area contributed by atoms with Crippen molar-refractivity contribution in [3.05, 3.63) is 11.6 Å². The van der Waals surface area contributed by atoms with Gasteiger partial charge in [-0.1, -0.05) is 13.3 Å². The molecule has 2 N–H and O–H groups in total. The van der Waals surface area contributed by atoms with Crippen molar-refractivity contribution in [1.29, 1.82) is 0 Å². The summed E-state index contributed by atoms with van der Waals surface area (Å²) in [6.07, 6.45) is 4.59. The van der Waals surface area contributed by atoms with Crippen LogP contribution in [0.4, 0.5) is 0 Å². The van der Waals surface area contributed by atoms with Crippen LogP contribution in [0.15, 0.2) is 0 Å². The molecule has 0 radical (unpaired) electrons. The van der Waals surface area contributed by atoms with Gasteiger partial charge in [-0.2, -0.15) is 0 Å². The maximum atomic E-state index is 12.8. The Balaban J connectivity index is 1.74. The van der Waals surface area contributed by atoms with Crippen LogP contribution in [0.3, 0.4) is 0 Å². The molecule has 128 valence electrons. The SMILES string of the molecule is CCC[C@]1(CO)CCN(C(=O)c2nnc3n2CCCC3)C[C@H]1O. The molecule has 1 aromatic rings. The zero-order valence-electron chi connectivity index (χ0n) is 13.7. The van der Waals surface area contributed by atoms with Crippen LogP contribution in [0.5, 0.6) is 0 Å². The predicted octanol–water partition coefficient (Wildman–Crippen LogP) is 0.600. The van der Waals surface area contributed by atoms with E-state index in [1.807, 2.05) is 11.5 Å². The molecule has 1 fully saturated rings. The molecule has 2 aliphatic heterocycles. The fourth-order valence-corrected chi connectivity index (χ4v) is 3.86. The van der Waals surface area contributed by atoms with Gasteiger partial charge in [0.25, 0.3) is 5.91 Å². The van der Waals surface area contributed by atoms with Gasteiger partial charge in [-0.15, -0.1) is 10.2 Å². The van der Waals surface area contributed by atoms with Crippen LogP contribution >= 0.6 is 0 Å². The second-order valence-electron chi connectivity index (χ2n) is 6.84. The smallest absolute Gasteiger partial charge is 0.291 e. The van der Waals surface area contributed by atoms with E-state index in [9.17, 15) is 15.0 Å². The molecule has 1 saturated heterocycles. The normalized spacial score (nSPS) is 27.8. The number of amides is 1. The fourth-order valence-electron chi connectivity index (χ4n) is 3.86. The highest BCUT2D eigenvalue weighted by atomic mass is 16.3. The summed E-state index contributed by atoms with van der Waals surface area (Å²) in [5.74, 6) is 1.11.